The van der Waals surface area contributed by atoms with Crippen molar-refractivity contribution in [2.24, 2.45) is 0 Å². The number of benzene rings is 1. The summed E-state index contributed by atoms with van der Waals surface area (Å²) < 4.78 is 5.63. The molecule has 0 saturated carbocycles. The molecule has 0 aliphatic heterocycles. The largest absolute Gasteiger partial charge is 0.481 e. The molecule has 0 heterocycles. The number of nitrogens with one attached hydrogen (secondary N) is 1. The van der Waals surface area contributed by atoms with Crippen LogP contribution < -0.4 is 10.1 Å². The molecule has 1 unspecified atom stereocenters. The lowest BCUT2D eigenvalue weighted by atomic mass is 10.1. The normalized spacial score (nSPS) is 12.3. The van der Waals surface area contributed by atoms with Crippen molar-refractivity contribution in [1.29, 1.82) is 0 Å². The molecule has 1 amide bonds. The molecule has 1 rings (SSSR count). The van der Waals surface area contributed by atoms with Gasteiger partial charge in [0, 0.05) is 6.04 Å². The first-order chi connectivity index (χ1) is 8.56. The van der Waals surface area contributed by atoms with Gasteiger partial charge < -0.3 is 10.1 Å². The highest BCUT2D eigenvalue weighted by molar-refractivity contribution is 5.81. The topological polar surface area (TPSA) is 38.3 Å². The molecule has 18 heavy (non-hydrogen) atoms. The number of rotatable bonds is 6. The molecule has 1 aromatic carbocycles. The number of hydrogen-bond donors (Lipinski definition) is 1. The molecule has 0 radical (unpaired) electrons. The van der Waals surface area contributed by atoms with Gasteiger partial charge in [0.1, 0.15) is 5.75 Å². The Morgan fingerprint density at radius 3 is 2.56 bits per heavy atom. The molecule has 0 saturated heterocycles. The van der Waals surface area contributed by atoms with Crippen molar-refractivity contribution >= 4 is 5.91 Å². The summed E-state index contributed by atoms with van der Waals surface area (Å²) in [6.45, 7) is 7.92. The third-order valence-corrected chi connectivity index (χ3v) is 3.00. The molecule has 0 spiro atoms. The molecule has 0 aromatic heterocycles. The van der Waals surface area contributed by atoms with E-state index in [-0.39, 0.29) is 11.9 Å². The molecule has 0 aliphatic rings. The average Bonchev–Trinajstić information content (AvgIpc) is 2.35. The van der Waals surface area contributed by atoms with E-state index in [9.17, 15) is 4.79 Å². The van der Waals surface area contributed by atoms with Gasteiger partial charge in [-0.05, 0) is 44.4 Å². The standard InChI is InChI=1S/C15H23NO2/c1-5-13(6-2)16-15(17)12(4)18-14-9-7-8-11(3)10-14/h7-10,12-13H,5-6H2,1-4H3,(H,16,17). The van der Waals surface area contributed by atoms with Crippen molar-refractivity contribution in [3.05, 3.63) is 29.8 Å². The molecular weight excluding hydrogens is 226 g/mol. The summed E-state index contributed by atoms with van der Waals surface area (Å²) in [5.41, 5.74) is 1.13. The van der Waals surface area contributed by atoms with E-state index in [2.05, 4.69) is 19.2 Å². The van der Waals surface area contributed by atoms with Gasteiger partial charge in [-0.3, -0.25) is 4.79 Å². The van der Waals surface area contributed by atoms with Gasteiger partial charge >= 0.3 is 0 Å². The smallest absolute Gasteiger partial charge is 0.260 e. The van der Waals surface area contributed by atoms with Crippen LogP contribution in [0, 0.1) is 6.92 Å². The van der Waals surface area contributed by atoms with Crippen LogP contribution in [0.4, 0.5) is 0 Å². The molecule has 0 bridgehead atoms. The van der Waals surface area contributed by atoms with E-state index in [1.54, 1.807) is 6.92 Å². The highest BCUT2D eigenvalue weighted by Gasteiger charge is 2.17. The predicted molar refractivity (Wildman–Crippen MR) is 73.8 cm³/mol. The molecular formula is C15H23NO2. The molecule has 0 fully saturated rings. The Bertz CT molecular complexity index is 386. The number of carbonyl (C=O) groups excluding carboxylic acids is 1. The van der Waals surface area contributed by atoms with Crippen molar-refractivity contribution in [3.63, 3.8) is 0 Å². The zero-order valence-corrected chi connectivity index (χ0v) is 11.7. The van der Waals surface area contributed by atoms with Gasteiger partial charge in [0.25, 0.3) is 5.91 Å². The van der Waals surface area contributed by atoms with Gasteiger partial charge in [0.2, 0.25) is 0 Å². The first-order valence-corrected chi connectivity index (χ1v) is 6.60. The van der Waals surface area contributed by atoms with Crippen LogP contribution in [-0.4, -0.2) is 18.1 Å². The van der Waals surface area contributed by atoms with Crippen LogP contribution in [0.25, 0.3) is 0 Å². The van der Waals surface area contributed by atoms with Crippen LogP contribution in [0.3, 0.4) is 0 Å². The first kappa shape index (κ1) is 14.6. The Hall–Kier alpha value is -1.51. The van der Waals surface area contributed by atoms with Crippen LogP contribution in [0.1, 0.15) is 39.2 Å². The summed E-state index contributed by atoms with van der Waals surface area (Å²) in [6.07, 6.45) is 1.42. The molecule has 100 valence electrons. The molecule has 1 aromatic rings. The van der Waals surface area contributed by atoms with E-state index in [1.807, 2.05) is 31.2 Å². The lowest BCUT2D eigenvalue weighted by Crippen LogP contribution is -2.42. The van der Waals surface area contributed by atoms with Crippen LogP contribution in [0.2, 0.25) is 0 Å². The van der Waals surface area contributed by atoms with E-state index in [4.69, 9.17) is 4.74 Å². The minimum absolute atomic E-state index is 0.0507. The monoisotopic (exact) mass is 249 g/mol. The molecule has 3 nitrogen and oxygen atoms in total. The zero-order chi connectivity index (χ0) is 13.5. The summed E-state index contributed by atoms with van der Waals surface area (Å²) in [7, 11) is 0. The number of ether oxygens (including phenoxy) is 1. The van der Waals surface area contributed by atoms with E-state index in [1.165, 1.54) is 0 Å². The molecule has 3 heteroatoms. The van der Waals surface area contributed by atoms with Gasteiger partial charge in [0.15, 0.2) is 6.10 Å². The lowest BCUT2D eigenvalue weighted by Gasteiger charge is -2.19. The Balaban J connectivity index is 2.54. The van der Waals surface area contributed by atoms with Gasteiger partial charge in [-0.15, -0.1) is 0 Å². The zero-order valence-electron chi connectivity index (χ0n) is 11.7. The number of aryl methyl sites for hydroxylation is 1. The fourth-order valence-electron chi connectivity index (χ4n) is 1.76. The average molecular weight is 249 g/mol. The third-order valence-electron chi connectivity index (χ3n) is 3.00. The van der Waals surface area contributed by atoms with Gasteiger partial charge in [-0.25, -0.2) is 0 Å². The Labute approximate surface area is 110 Å². The van der Waals surface area contributed by atoms with Crippen molar-refractivity contribution in [1.82, 2.24) is 5.32 Å². The van der Waals surface area contributed by atoms with Crippen LogP contribution in [0.15, 0.2) is 24.3 Å². The number of amides is 1. The fourth-order valence-corrected chi connectivity index (χ4v) is 1.76. The molecule has 1 N–H and O–H groups in total. The Morgan fingerprint density at radius 1 is 1.33 bits per heavy atom. The second kappa shape index (κ2) is 7.04. The lowest BCUT2D eigenvalue weighted by molar-refractivity contribution is -0.128. The SMILES string of the molecule is CCC(CC)NC(=O)C(C)Oc1cccc(C)c1. The van der Waals surface area contributed by atoms with Gasteiger partial charge in [0.05, 0.1) is 0 Å². The second-order valence-electron chi connectivity index (χ2n) is 4.60. The van der Waals surface area contributed by atoms with Crippen LogP contribution in [0.5, 0.6) is 5.75 Å². The summed E-state index contributed by atoms with van der Waals surface area (Å²) in [5, 5.41) is 2.99. The van der Waals surface area contributed by atoms with Gasteiger partial charge in [-0.1, -0.05) is 26.0 Å². The maximum atomic E-state index is 11.9. The van der Waals surface area contributed by atoms with E-state index in [0.717, 1.165) is 24.2 Å². The summed E-state index contributed by atoms with van der Waals surface area (Å²) in [5.74, 6) is 0.687. The van der Waals surface area contributed by atoms with Crippen molar-refractivity contribution < 1.29 is 9.53 Å². The highest BCUT2D eigenvalue weighted by Crippen LogP contribution is 2.14. The number of hydrogen-bond acceptors (Lipinski definition) is 2. The highest BCUT2D eigenvalue weighted by atomic mass is 16.5. The minimum atomic E-state index is -0.465. The van der Waals surface area contributed by atoms with Crippen molar-refractivity contribution in [2.75, 3.05) is 0 Å². The van der Waals surface area contributed by atoms with Gasteiger partial charge in [-0.2, -0.15) is 0 Å². The molecule has 1 atom stereocenters. The summed E-state index contributed by atoms with van der Waals surface area (Å²) in [4.78, 5) is 11.9. The summed E-state index contributed by atoms with van der Waals surface area (Å²) >= 11 is 0. The van der Waals surface area contributed by atoms with Crippen LogP contribution >= 0.6 is 0 Å². The first-order valence-electron chi connectivity index (χ1n) is 6.60. The Morgan fingerprint density at radius 2 is 2.00 bits per heavy atom. The maximum absolute atomic E-state index is 11.9. The van der Waals surface area contributed by atoms with Crippen LogP contribution in [-0.2, 0) is 4.79 Å². The quantitative estimate of drug-likeness (QED) is 0.841. The fraction of sp³-hybridized carbons (Fsp3) is 0.533. The van der Waals surface area contributed by atoms with Crippen molar-refractivity contribution in [3.8, 4) is 5.75 Å². The van der Waals surface area contributed by atoms with E-state index < -0.39 is 6.10 Å². The van der Waals surface area contributed by atoms with E-state index >= 15 is 0 Å². The van der Waals surface area contributed by atoms with Crippen molar-refractivity contribution in [2.45, 2.75) is 52.7 Å². The minimum Gasteiger partial charge on any atom is -0.481 e. The molecule has 0 aliphatic carbocycles. The number of carbonyl (C=O) groups is 1. The summed E-state index contributed by atoms with van der Waals surface area (Å²) in [6, 6.07) is 7.97. The van der Waals surface area contributed by atoms with E-state index in [0.29, 0.717) is 0 Å². The third kappa shape index (κ3) is 4.40. The Kier molecular flexibility index (Phi) is 5.69. The maximum Gasteiger partial charge on any atom is 0.260 e. The predicted octanol–water partition coefficient (Wildman–Crippen LogP) is 3.07. The second-order valence-corrected chi connectivity index (χ2v) is 4.60.